The number of carboxylic acid groups (broad SMARTS) is 1. The van der Waals surface area contributed by atoms with Crippen LogP contribution in [0, 0.1) is 5.92 Å². The van der Waals surface area contributed by atoms with Crippen LogP contribution in [0.1, 0.15) is 20.3 Å². The van der Waals surface area contributed by atoms with Gasteiger partial charge >= 0.3 is 12.0 Å². The number of morpholine rings is 1. The predicted molar refractivity (Wildman–Crippen MR) is 79.3 cm³/mol. The van der Waals surface area contributed by atoms with Crippen LogP contribution >= 0.6 is 0 Å². The van der Waals surface area contributed by atoms with E-state index < -0.39 is 12.0 Å². The molecule has 1 aliphatic rings. The Morgan fingerprint density at radius 2 is 2.10 bits per heavy atom. The number of amides is 2. The van der Waals surface area contributed by atoms with Crippen LogP contribution in [0.2, 0.25) is 0 Å². The molecule has 7 nitrogen and oxygen atoms in total. The summed E-state index contributed by atoms with van der Waals surface area (Å²) in [6, 6.07) is -0.575. The maximum atomic E-state index is 12.4. The van der Waals surface area contributed by atoms with Gasteiger partial charge in [0.1, 0.15) is 0 Å². The van der Waals surface area contributed by atoms with Gasteiger partial charge in [-0.1, -0.05) is 13.8 Å². The van der Waals surface area contributed by atoms with Crippen LogP contribution in [-0.4, -0.2) is 79.4 Å². The molecule has 7 heteroatoms. The Bertz CT molecular complexity index is 360. The van der Waals surface area contributed by atoms with Crippen molar-refractivity contribution in [2.45, 2.75) is 32.4 Å². The van der Waals surface area contributed by atoms with Crippen LogP contribution in [0.4, 0.5) is 4.79 Å². The molecule has 2 N–H and O–H groups in total. The number of carbonyl (C=O) groups is 2. The first kappa shape index (κ1) is 17.7. The summed E-state index contributed by atoms with van der Waals surface area (Å²) in [7, 11) is 3.92. The highest BCUT2D eigenvalue weighted by Gasteiger charge is 2.30. The lowest BCUT2D eigenvalue weighted by Crippen LogP contribution is -2.56. The van der Waals surface area contributed by atoms with Gasteiger partial charge in [0.25, 0.3) is 0 Å². The summed E-state index contributed by atoms with van der Waals surface area (Å²) in [6.45, 7) is 6.02. The second-order valence-electron chi connectivity index (χ2n) is 6.08. The number of carboxylic acids is 1. The molecule has 0 aromatic rings. The number of hydrogen-bond acceptors (Lipinski definition) is 4. The Balaban J connectivity index is 2.67. The molecule has 1 heterocycles. The number of nitrogens with zero attached hydrogens (tertiary/aromatic N) is 2. The highest BCUT2D eigenvalue weighted by atomic mass is 16.5. The van der Waals surface area contributed by atoms with Crippen LogP contribution in [0.25, 0.3) is 0 Å². The molecule has 0 radical (unpaired) electrons. The number of hydrogen-bond donors (Lipinski definition) is 2. The molecule has 0 bridgehead atoms. The Kier molecular flexibility index (Phi) is 6.91. The first-order valence-electron chi connectivity index (χ1n) is 7.32. The third-order valence-electron chi connectivity index (χ3n) is 3.57. The molecule has 2 unspecified atom stereocenters. The summed E-state index contributed by atoms with van der Waals surface area (Å²) < 4.78 is 5.29. The molecule has 1 aliphatic heterocycles. The fourth-order valence-corrected chi connectivity index (χ4v) is 2.35. The van der Waals surface area contributed by atoms with E-state index in [1.807, 2.05) is 19.0 Å². The lowest BCUT2D eigenvalue weighted by molar-refractivity contribution is -0.139. The monoisotopic (exact) mass is 301 g/mol. The largest absolute Gasteiger partial charge is 0.481 e. The van der Waals surface area contributed by atoms with Gasteiger partial charge in [-0.3, -0.25) is 4.79 Å². The van der Waals surface area contributed by atoms with E-state index in [1.54, 1.807) is 4.90 Å². The van der Waals surface area contributed by atoms with Crippen molar-refractivity contribution in [3.8, 4) is 0 Å². The van der Waals surface area contributed by atoms with Crippen LogP contribution < -0.4 is 5.32 Å². The molecular weight excluding hydrogens is 274 g/mol. The quantitative estimate of drug-likeness (QED) is 0.745. The topological polar surface area (TPSA) is 82.1 Å². The van der Waals surface area contributed by atoms with Crippen molar-refractivity contribution in [3.63, 3.8) is 0 Å². The number of nitrogens with one attached hydrogen (secondary N) is 1. The van der Waals surface area contributed by atoms with Crippen molar-refractivity contribution in [1.82, 2.24) is 15.1 Å². The zero-order chi connectivity index (χ0) is 16.0. The minimum Gasteiger partial charge on any atom is -0.481 e. The fourth-order valence-electron chi connectivity index (χ4n) is 2.35. The van der Waals surface area contributed by atoms with Gasteiger partial charge in [-0.2, -0.15) is 0 Å². The van der Waals surface area contributed by atoms with Gasteiger partial charge in [-0.15, -0.1) is 0 Å². The van der Waals surface area contributed by atoms with Crippen LogP contribution in [0.5, 0.6) is 0 Å². The number of rotatable bonds is 6. The summed E-state index contributed by atoms with van der Waals surface area (Å²) >= 11 is 0. The molecular formula is C14H27N3O4. The Morgan fingerprint density at radius 1 is 1.43 bits per heavy atom. The summed E-state index contributed by atoms with van der Waals surface area (Å²) in [5.74, 6) is -0.618. The van der Waals surface area contributed by atoms with Gasteiger partial charge in [0.2, 0.25) is 0 Å². The summed E-state index contributed by atoms with van der Waals surface area (Å²) in [6.07, 6.45) is -0.0898. The van der Waals surface area contributed by atoms with E-state index in [2.05, 4.69) is 19.2 Å². The van der Waals surface area contributed by atoms with Gasteiger partial charge in [0, 0.05) is 19.1 Å². The summed E-state index contributed by atoms with van der Waals surface area (Å²) in [4.78, 5) is 26.9. The van der Waals surface area contributed by atoms with Crippen molar-refractivity contribution in [2.24, 2.45) is 5.92 Å². The average Bonchev–Trinajstić information content (AvgIpc) is 2.37. The van der Waals surface area contributed by atoms with Gasteiger partial charge in [-0.05, 0) is 20.0 Å². The maximum Gasteiger partial charge on any atom is 0.318 e. The van der Waals surface area contributed by atoms with Gasteiger partial charge in [0.15, 0.2) is 0 Å². The molecule has 2 atom stereocenters. The van der Waals surface area contributed by atoms with Crippen LogP contribution in [-0.2, 0) is 9.53 Å². The van der Waals surface area contributed by atoms with Crippen LogP contribution in [0.3, 0.4) is 0 Å². The Morgan fingerprint density at radius 3 is 2.62 bits per heavy atom. The maximum absolute atomic E-state index is 12.4. The number of likely N-dealkylation sites (N-methyl/N-ethyl adjacent to an activating group) is 1. The normalized spacial score (nSPS) is 20.7. The molecule has 0 aliphatic carbocycles. The Hall–Kier alpha value is -1.34. The molecule has 0 aromatic heterocycles. The first-order valence-corrected chi connectivity index (χ1v) is 7.32. The first-order chi connectivity index (χ1) is 9.81. The summed E-state index contributed by atoms with van der Waals surface area (Å²) in [5, 5.41) is 12.0. The second kappa shape index (κ2) is 8.19. The van der Waals surface area contributed by atoms with Crippen molar-refractivity contribution < 1.29 is 19.4 Å². The zero-order valence-electron chi connectivity index (χ0n) is 13.3. The highest BCUT2D eigenvalue weighted by Crippen LogP contribution is 2.12. The fraction of sp³-hybridized carbons (Fsp3) is 0.857. The molecule has 0 spiro atoms. The Labute approximate surface area is 126 Å². The lowest BCUT2D eigenvalue weighted by atomic mass is 10.0. The van der Waals surface area contributed by atoms with E-state index in [4.69, 9.17) is 9.84 Å². The molecule has 1 rings (SSSR count). The van der Waals surface area contributed by atoms with Crippen molar-refractivity contribution in [2.75, 3.05) is 40.4 Å². The van der Waals surface area contributed by atoms with E-state index in [0.29, 0.717) is 19.1 Å². The molecule has 1 fully saturated rings. The number of urea groups is 1. The average molecular weight is 301 g/mol. The molecule has 0 saturated carbocycles. The third-order valence-corrected chi connectivity index (χ3v) is 3.57. The SMILES string of the molecule is CC(C)C(CN(C)C)NC(=O)N1CCOCC1CC(=O)O. The minimum absolute atomic E-state index is 0.0285. The van der Waals surface area contributed by atoms with Crippen molar-refractivity contribution in [3.05, 3.63) is 0 Å². The van der Waals surface area contributed by atoms with E-state index in [0.717, 1.165) is 6.54 Å². The number of ether oxygens (including phenoxy) is 1. The molecule has 122 valence electrons. The standard InChI is InChI=1S/C14H27N3O4/c1-10(2)12(8-16(3)4)15-14(20)17-5-6-21-9-11(17)7-13(18)19/h10-12H,5-9H2,1-4H3,(H,15,20)(H,18,19). The second-order valence-corrected chi connectivity index (χ2v) is 6.08. The predicted octanol–water partition coefficient (Wildman–Crippen LogP) is 0.458. The van der Waals surface area contributed by atoms with E-state index in [-0.39, 0.29) is 25.1 Å². The smallest absolute Gasteiger partial charge is 0.318 e. The molecule has 0 aromatic carbocycles. The van der Waals surface area contributed by atoms with Crippen molar-refractivity contribution in [1.29, 1.82) is 0 Å². The number of aliphatic carboxylic acids is 1. The molecule has 21 heavy (non-hydrogen) atoms. The van der Waals surface area contributed by atoms with Gasteiger partial charge < -0.3 is 25.0 Å². The van der Waals surface area contributed by atoms with E-state index >= 15 is 0 Å². The molecule has 2 amide bonds. The van der Waals surface area contributed by atoms with Gasteiger partial charge in [-0.25, -0.2) is 4.79 Å². The highest BCUT2D eigenvalue weighted by molar-refractivity contribution is 5.76. The van der Waals surface area contributed by atoms with Crippen LogP contribution in [0.15, 0.2) is 0 Å². The third kappa shape index (κ3) is 5.89. The summed E-state index contributed by atoms with van der Waals surface area (Å²) in [5.41, 5.74) is 0. The minimum atomic E-state index is -0.919. The van der Waals surface area contributed by atoms with Gasteiger partial charge in [0.05, 0.1) is 25.7 Å². The zero-order valence-corrected chi connectivity index (χ0v) is 13.3. The lowest BCUT2D eigenvalue weighted by Gasteiger charge is -2.36. The molecule has 1 saturated heterocycles. The number of carbonyl (C=O) groups excluding carboxylic acids is 1. The van der Waals surface area contributed by atoms with Crippen molar-refractivity contribution >= 4 is 12.0 Å². The van der Waals surface area contributed by atoms with E-state index in [9.17, 15) is 9.59 Å². The van der Waals surface area contributed by atoms with E-state index in [1.165, 1.54) is 0 Å².